The lowest BCUT2D eigenvalue weighted by Crippen LogP contribution is -2.47. The Kier molecular flexibility index (Phi) is 7.38. The molecule has 0 saturated heterocycles. The summed E-state index contributed by atoms with van der Waals surface area (Å²) in [5, 5.41) is 15.5. The minimum absolute atomic E-state index is 0.0116. The first-order valence-corrected chi connectivity index (χ1v) is 10.8. The smallest absolute Gasteiger partial charge is 0.266 e. The number of hydroxylamine groups is 1. The van der Waals surface area contributed by atoms with E-state index in [4.69, 9.17) is 22.4 Å². The SMILES string of the molecule is CC(=O)NC(CSC(=S)Nc1cc2sc(C(C)(C)C)nc2cc1C)C(=O)NO. The average Bonchev–Trinajstić information content (AvgIpc) is 3.01. The van der Waals surface area contributed by atoms with Crippen LogP contribution in [0.4, 0.5) is 5.69 Å². The van der Waals surface area contributed by atoms with Crippen molar-refractivity contribution < 1.29 is 14.8 Å². The van der Waals surface area contributed by atoms with Gasteiger partial charge in [-0.05, 0) is 24.6 Å². The molecule has 0 bridgehead atoms. The highest BCUT2D eigenvalue weighted by molar-refractivity contribution is 8.23. The van der Waals surface area contributed by atoms with Gasteiger partial charge < -0.3 is 10.6 Å². The van der Waals surface area contributed by atoms with Crippen LogP contribution in [0.1, 0.15) is 38.3 Å². The predicted molar refractivity (Wildman–Crippen MR) is 119 cm³/mol. The minimum atomic E-state index is -0.883. The van der Waals surface area contributed by atoms with Crippen molar-refractivity contribution in [2.45, 2.75) is 46.1 Å². The molecule has 7 nitrogen and oxygen atoms in total. The zero-order chi connectivity index (χ0) is 21.1. The van der Waals surface area contributed by atoms with Crippen molar-refractivity contribution in [3.05, 3.63) is 22.7 Å². The highest BCUT2D eigenvalue weighted by atomic mass is 32.2. The lowest BCUT2D eigenvalue weighted by molar-refractivity contribution is -0.133. The standard InChI is InChI=1S/C18H24N4O3S3/c1-9-6-12-14(28-16(20-12)18(3,4)5)7-11(9)21-17(26)27-8-13(15(24)22-25)19-10(2)23/h6-7,13,25H,8H2,1-5H3,(H,19,23)(H,21,26)(H,22,24). The Hall–Kier alpha value is -1.75. The van der Waals surface area contributed by atoms with Crippen LogP contribution in [-0.2, 0) is 15.0 Å². The van der Waals surface area contributed by atoms with Gasteiger partial charge in [-0.2, -0.15) is 0 Å². The summed E-state index contributed by atoms with van der Waals surface area (Å²) in [6.45, 7) is 9.69. The molecule has 1 unspecified atom stereocenters. The summed E-state index contributed by atoms with van der Waals surface area (Å²) in [6, 6.07) is 3.17. The Morgan fingerprint density at radius 2 is 2.04 bits per heavy atom. The molecule has 1 atom stereocenters. The molecule has 0 spiro atoms. The van der Waals surface area contributed by atoms with Gasteiger partial charge in [-0.25, -0.2) is 10.5 Å². The molecule has 4 N–H and O–H groups in total. The summed E-state index contributed by atoms with van der Waals surface area (Å²) in [6.07, 6.45) is 0. The maximum absolute atomic E-state index is 11.6. The molecule has 0 aliphatic rings. The second-order valence-electron chi connectivity index (χ2n) is 7.36. The molecular weight excluding hydrogens is 416 g/mol. The molecule has 0 aliphatic heterocycles. The fourth-order valence-electron chi connectivity index (χ4n) is 2.35. The second kappa shape index (κ2) is 9.17. The summed E-state index contributed by atoms with van der Waals surface area (Å²) in [5.74, 6) is -0.870. The van der Waals surface area contributed by atoms with E-state index in [1.54, 1.807) is 16.8 Å². The fourth-order valence-corrected chi connectivity index (χ4v) is 4.44. The van der Waals surface area contributed by atoms with Gasteiger partial charge in [-0.3, -0.25) is 14.8 Å². The fraction of sp³-hybridized carbons (Fsp3) is 0.444. The minimum Gasteiger partial charge on any atom is -0.344 e. The van der Waals surface area contributed by atoms with E-state index >= 15 is 0 Å². The topological polar surface area (TPSA) is 103 Å². The molecule has 0 saturated carbocycles. The number of benzene rings is 1. The molecule has 2 amide bonds. The van der Waals surface area contributed by atoms with Crippen LogP contribution in [0.3, 0.4) is 0 Å². The van der Waals surface area contributed by atoms with E-state index in [1.165, 1.54) is 18.7 Å². The number of nitrogens with zero attached hydrogens (tertiary/aromatic N) is 1. The number of carbonyl (C=O) groups excluding carboxylic acids is 2. The lowest BCUT2D eigenvalue weighted by atomic mass is 9.98. The highest BCUT2D eigenvalue weighted by Crippen LogP contribution is 2.34. The van der Waals surface area contributed by atoms with Crippen molar-refractivity contribution in [3.8, 4) is 0 Å². The van der Waals surface area contributed by atoms with E-state index in [0.29, 0.717) is 4.32 Å². The maximum Gasteiger partial charge on any atom is 0.266 e. The number of hydrogen-bond donors (Lipinski definition) is 4. The van der Waals surface area contributed by atoms with E-state index < -0.39 is 11.9 Å². The molecule has 2 rings (SSSR count). The van der Waals surface area contributed by atoms with Gasteiger partial charge in [0.05, 0.1) is 15.2 Å². The molecule has 1 heterocycles. The first kappa shape index (κ1) is 22.5. The normalized spacial score (nSPS) is 12.5. The average molecular weight is 441 g/mol. The largest absolute Gasteiger partial charge is 0.344 e. The van der Waals surface area contributed by atoms with Crippen molar-refractivity contribution in [1.82, 2.24) is 15.8 Å². The van der Waals surface area contributed by atoms with Crippen LogP contribution >= 0.6 is 35.3 Å². The van der Waals surface area contributed by atoms with Gasteiger partial charge in [-0.1, -0.05) is 44.8 Å². The first-order valence-electron chi connectivity index (χ1n) is 8.57. The van der Waals surface area contributed by atoms with Crippen molar-refractivity contribution in [1.29, 1.82) is 0 Å². The van der Waals surface area contributed by atoms with Crippen LogP contribution < -0.4 is 16.1 Å². The van der Waals surface area contributed by atoms with Gasteiger partial charge in [0.25, 0.3) is 5.91 Å². The van der Waals surface area contributed by atoms with Gasteiger partial charge in [0.1, 0.15) is 10.4 Å². The number of thiocarbonyl (C=S) groups is 1. The Labute approximate surface area is 177 Å². The van der Waals surface area contributed by atoms with Crippen molar-refractivity contribution in [2.24, 2.45) is 0 Å². The third-order valence-electron chi connectivity index (χ3n) is 3.80. The Bertz CT molecular complexity index is 905. The Morgan fingerprint density at radius 1 is 1.36 bits per heavy atom. The number of thiazole rings is 1. The molecule has 0 radical (unpaired) electrons. The zero-order valence-electron chi connectivity index (χ0n) is 16.4. The number of carbonyl (C=O) groups is 2. The molecule has 2 aromatic rings. The molecule has 152 valence electrons. The predicted octanol–water partition coefficient (Wildman–Crippen LogP) is 3.34. The number of aromatic nitrogens is 1. The summed E-state index contributed by atoms with van der Waals surface area (Å²) in [7, 11) is 0. The van der Waals surface area contributed by atoms with Gasteiger partial charge >= 0.3 is 0 Å². The second-order valence-corrected chi connectivity index (χ2v) is 10.1. The van der Waals surface area contributed by atoms with Crippen LogP contribution in [0, 0.1) is 6.92 Å². The number of rotatable bonds is 5. The van der Waals surface area contributed by atoms with Gasteiger partial charge in [0.2, 0.25) is 5.91 Å². The first-order chi connectivity index (χ1) is 13.0. The quantitative estimate of drug-likeness (QED) is 0.321. The number of anilines is 1. The van der Waals surface area contributed by atoms with Crippen LogP contribution in [-0.4, -0.2) is 38.1 Å². The zero-order valence-corrected chi connectivity index (χ0v) is 18.8. The van der Waals surface area contributed by atoms with E-state index in [1.807, 2.05) is 19.1 Å². The Morgan fingerprint density at radius 3 is 2.61 bits per heavy atom. The third kappa shape index (κ3) is 5.87. The highest BCUT2D eigenvalue weighted by Gasteiger charge is 2.21. The lowest BCUT2D eigenvalue weighted by Gasteiger charge is -2.16. The van der Waals surface area contributed by atoms with E-state index in [9.17, 15) is 9.59 Å². The number of amides is 2. The number of thioether (sulfide) groups is 1. The molecule has 0 fully saturated rings. The van der Waals surface area contributed by atoms with Crippen LogP contribution in [0.2, 0.25) is 0 Å². The molecule has 0 aliphatic carbocycles. The summed E-state index contributed by atoms with van der Waals surface area (Å²) in [5.41, 5.74) is 4.38. The maximum atomic E-state index is 11.6. The summed E-state index contributed by atoms with van der Waals surface area (Å²) in [4.78, 5) is 27.6. The Balaban J connectivity index is 2.10. The molecule has 28 heavy (non-hydrogen) atoms. The molecule has 1 aromatic heterocycles. The number of hydrogen-bond acceptors (Lipinski definition) is 7. The van der Waals surface area contributed by atoms with Gasteiger partial charge in [0, 0.05) is 23.8 Å². The van der Waals surface area contributed by atoms with E-state index in [0.717, 1.165) is 26.5 Å². The molecule has 10 heteroatoms. The van der Waals surface area contributed by atoms with Crippen LogP contribution in [0.15, 0.2) is 12.1 Å². The van der Waals surface area contributed by atoms with E-state index in [-0.39, 0.29) is 17.1 Å². The summed E-state index contributed by atoms with van der Waals surface area (Å²) >= 11 is 8.24. The number of nitrogens with one attached hydrogen (secondary N) is 3. The van der Waals surface area contributed by atoms with Gasteiger partial charge in [-0.15, -0.1) is 11.3 Å². The van der Waals surface area contributed by atoms with Crippen molar-refractivity contribution >= 4 is 67.4 Å². The third-order valence-corrected chi connectivity index (χ3v) is 6.56. The van der Waals surface area contributed by atoms with E-state index in [2.05, 4.69) is 31.4 Å². The number of aryl methyl sites for hydroxylation is 1. The van der Waals surface area contributed by atoms with Crippen LogP contribution in [0.5, 0.6) is 0 Å². The number of fused-ring (bicyclic) bond motifs is 1. The summed E-state index contributed by atoms with van der Waals surface area (Å²) < 4.78 is 1.53. The monoisotopic (exact) mass is 440 g/mol. The molecule has 1 aromatic carbocycles. The van der Waals surface area contributed by atoms with Crippen LogP contribution in [0.25, 0.3) is 10.2 Å². The van der Waals surface area contributed by atoms with Crippen molar-refractivity contribution in [3.63, 3.8) is 0 Å². The van der Waals surface area contributed by atoms with Gasteiger partial charge in [0.15, 0.2) is 0 Å². The molecular formula is C18H24N4O3S3. The van der Waals surface area contributed by atoms with Crippen molar-refractivity contribution in [2.75, 3.05) is 11.1 Å².